The average molecular weight is 267 g/mol. The molecule has 0 bridgehead atoms. The second kappa shape index (κ2) is 5.85. The third-order valence-electron chi connectivity index (χ3n) is 3.68. The molecule has 1 saturated carbocycles. The molecule has 1 aliphatic carbocycles. The fraction of sp³-hybridized carbons (Fsp3) is 0.643. The maximum absolute atomic E-state index is 12.0. The van der Waals surface area contributed by atoms with Gasteiger partial charge in [0.1, 0.15) is 0 Å². The standard InChI is InChI=1S/C14H21NO2S/c1-9-7-12(10(2)18-9)14(17)15-8-11-5-3-4-6-13(11)16/h7,11,13,16H,3-6,8H2,1-2H3,(H,15,17). The smallest absolute Gasteiger partial charge is 0.252 e. The van der Waals surface area contributed by atoms with Gasteiger partial charge in [-0.1, -0.05) is 12.8 Å². The molecule has 2 rings (SSSR count). The lowest BCUT2D eigenvalue weighted by atomic mass is 9.86. The van der Waals surface area contributed by atoms with Crippen LogP contribution in [0.1, 0.15) is 45.8 Å². The topological polar surface area (TPSA) is 49.3 Å². The maximum atomic E-state index is 12.0. The molecule has 1 aromatic heterocycles. The van der Waals surface area contributed by atoms with Crippen molar-refractivity contribution in [3.8, 4) is 0 Å². The molecule has 0 saturated heterocycles. The number of aliphatic hydroxyl groups is 1. The molecule has 0 aliphatic heterocycles. The summed E-state index contributed by atoms with van der Waals surface area (Å²) in [6.45, 7) is 4.58. The van der Waals surface area contributed by atoms with E-state index in [0.29, 0.717) is 6.54 Å². The van der Waals surface area contributed by atoms with Crippen LogP contribution in [0.15, 0.2) is 6.07 Å². The van der Waals surface area contributed by atoms with Gasteiger partial charge in [-0.05, 0) is 32.8 Å². The predicted molar refractivity (Wildman–Crippen MR) is 74.1 cm³/mol. The number of nitrogens with one attached hydrogen (secondary N) is 1. The zero-order chi connectivity index (χ0) is 13.1. The minimum atomic E-state index is -0.246. The van der Waals surface area contributed by atoms with Crippen LogP contribution in [-0.2, 0) is 0 Å². The minimum Gasteiger partial charge on any atom is -0.393 e. The summed E-state index contributed by atoms with van der Waals surface area (Å²) in [6, 6.07) is 1.94. The van der Waals surface area contributed by atoms with E-state index in [-0.39, 0.29) is 17.9 Å². The van der Waals surface area contributed by atoms with E-state index in [0.717, 1.165) is 41.0 Å². The van der Waals surface area contributed by atoms with Crippen LogP contribution in [-0.4, -0.2) is 23.7 Å². The van der Waals surface area contributed by atoms with E-state index in [1.807, 2.05) is 19.9 Å². The number of hydrogen-bond donors (Lipinski definition) is 2. The first kappa shape index (κ1) is 13.6. The lowest BCUT2D eigenvalue weighted by Crippen LogP contribution is -2.36. The molecule has 100 valence electrons. The Morgan fingerprint density at radius 1 is 1.44 bits per heavy atom. The van der Waals surface area contributed by atoms with Crippen molar-refractivity contribution in [3.63, 3.8) is 0 Å². The molecule has 1 aliphatic rings. The van der Waals surface area contributed by atoms with Crippen LogP contribution in [0.25, 0.3) is 0 Å². The van der Waals surface area contributed by atoms with Gasteiger partial charge in [0, 0.05) is 22.2 Å². The van der Waals surface area contributed by atoms with Gasteiger partial charge in [0.2, 0.25) is 0 Å². The highest BCUT2D eigenvalue weighted by molar-refractivity contribution is 7.12. The number of hydrogen-bond acceptors (Lipinski definition) is 3. The highest BCUT2D eigenvalue weighted by Crippen LogP contribution is 2.24. The molecular formula is C14H21NO2S. The number of amides is 1. The molecule has 1 heterocycles. The second-order valence-electron chi connectivity index (χ2n) is 5.15. The summed E-state index contributed by atoms with van der Waals surface area (Å²) in [5.74, 6) is 0.220. The van der Waals surface area contributed by atoms with Gasteiger partial charge < -0.3 is 10.4 Å². The minimum absolute atomic E-state index is 0.00498. The Morgan fingerprint density at radius 3 is 2.78 bits per heavy atom. The van der Waals surface area contributed by atoms with Gasteiger partial charge in [-0.25, -0.2) is 0 Å². The van der Waals surface area contributed by atoms with Crippen molar-refractivity contribution in [1.82, 2.24) is 5.32 Å². The van der Waals surface area contributed by atoms with E-state index in [2.05, 4.69) is 5.32 Å². The average Bonchev–Trinajstić information content (AvgIpc) is 2.67. The number of aliphatic hydroxyl groups excluding tert-OH is 1. The Kier molecular flexibility index (Phi) is 4.40. The first-order valence-electron chi connectivity index (χ1n) is 6.61. The molecule has 0 spiro atoms. The number of aryl methyl sites for hydroxylation is 2. The van der Waals surface area contributed by atoms with Gasteiger partial charge >= 0.3 is 0 Å². The third-order valence-corrected chi connectivity index (χ3v) is 4.65. The van der Waals surface area contributed by atoms with E-state index >= 15 is 0 Å². The van der Waals surface area contributed by atoms with Crippen LogP contribution >= 0.6 is 11.3 Å². The summed E-state index contributed by atoms with van der Waals surface area (Å²) < 4.78 is 0. The van der Waals surface area contributed by atoms with E-state index in [9.17, 15) is 9.90 Å². The lowest BCUT2D eigenvalue weighted by molar-refractivity contribution is 0.0663. The highest BCUT2D eigenvalue weighted by Gasteiger charge is 2.23. The van der Waals surface area contributed by atoms with Gasteiger partial charge in [-0.3, -0.25) is 4.79 Å². The predicted octanol–water partition coefficient (Wildman–Crippen LogP) is 2.65. The largest absolute Gasteiger partial charge is 0.393 e. The first-order chi connectivity index (χ1) is 8.58. The molecule has 0 aromatic carbocycles. The molecule has 1 amide bonds. The fourth-order valence-corrected chi connectivity index (χ4v) is 3.52. The van der Waals surface area contributed by atoms with Crippen LogP contribution in [0.3, 0.4) is 0 Å². The number of carbonyl (C=O) groups is 1. The quantitative estimate of drug-likeness (QED) is 0.884. The Balaban J connectivity index is 1.90. The summed E-state index contributed by atoms with van der Waals surface area (Å²) in [6.07, 6.45) is 3.91. The summed E-state index contributed by atoms with van der Waals surface area (Å²) in [4.78, 5) is 14.3. The van der Waals surface area contributed by atoms with Gasteiger partial charge in [0.25, 0.3) is 5.91 Å². The Labute approximate surface area is 112 Å². The number of thiophene rings is 1. The van der Waals surface area contributed by atoms with Gasteiger partial charge in [0.15, 0.2) is 0 Å². The molecule has 1 fully saturated rings. The molecule has 2 unspecified atom stereocenters. The van der Waals surface area contributed by atoms with E-state index < -0.39 is 0 Å². The van der Waals surface area contributed by atoms with E-state index in [1.54, 1.807) is 11.3 Å². The second-order valence-corrected chi connectivity index (χ2v) is 6.61. The van der Waals surface area contributed by atoms with Crippen molar-refractivity contribution in [2.75, 3.05) is 6.54 Å². The molecule has 1 aromatic rings. The summed E-state index contributed by atoms with van der Waals surface area (Å²) in [7, 11) is 0. The number of carbonyl (C=O) groups excluding carboxylic acids is 1. The van der Waals surface area contributed by atoms with Crippen molar-refractivity contribution < 1.29 is 9.90 Å². The summed E-state index contributed by atoms with van der Waals surface area (Å²) in [5, 5.41) is 12.8. The van der Waals surface area contributed by atoms with Gasteiger partial charge in [-0.15, -0.1) is 11.3 Å². The van der Waals surface area contributed by atoms with Crippen LogP contribution in [0.4, 0.5) is 0 Å². The van der Waals surface area contributed by atoms with Crippen molar-refractivity contribution in [2.45, 2.75) is 45.6 Å². The van der Waals surface area contributed by atoms with Crippen molar-refractivity contribution in [1.29, 1.82) is 0 Å². The molecular weight excluding hydrogens is 246 g/mol. The Bertz CT molecular complexity index is 427. The van der Waals surface area contributed by atoms with Crippen molar-refractivity contribution in [2.24, 2.45) is 5.92 Å². The summed E-state index contributed by atoms with van der Waals surface area (Å²) >= 11 is 1.65. The van der Waals surface area contributed by atoms with E-state index in [4.69, 9.17) is 0 Å². The Hall–Kier alpha value is -0.870. The molecule has 3 nitrogen and oxygen atoms in total. The summed E-state index contributed by atoms with van der Waals surface area (Å²) in [5.41, 5.74) is 0.780. The van der Waals surface area contributed by atoms with Crippen LogP contribution < -0.4 is 5.32 Å². The molecule has 2 atom stereocenters. The van der Waals surface area contributed by atoms with Crippen LogP contribution in [0.2, 0.25) is 0 Å². The highest BCUT2D eigenvalue weighted by atomic mass is 32.1. The van der Waals surface area contributed by atoms with Crippen LogP contribution in [0, 0.1) is 19.8 Å². The van der Waals surface area contributed by atoms with Gasteiger partial charge in [-0.2, -0.15) is 0 Å². The monoisotopic (exact) mass is 267 g/mol. The SMILES string of the molecule is Cc1cc(C(=O)NCC2CCCCC2O)c(C)s1. The van der Waals surface area contributed by atoms with Crippen molar-refractivity contribution in [3.05, 3.63) is 21.4 Å². The normalized spacial score (nSPS) is 23.9. The van der Waals surface area contributed by atoms with Crippen LogP contribution in [0.5, 0.6) is 0 Å². The molecule has 4 heteroatoms. The molecule has 2 N–H and O–H groups in total. The molecule has 18 heavy (non-hydrogen) atoms. The van der Waals surface area contributed by atoms with E-state index in [1.165, 1.54) is 0 Å². The van der Waals surface area contributed by atoms with Crippen molar-refractivity contribution >= 4 is 17.2 Å². The molecule has 0 radical (unpaired) electrons. The lowest BCUT2D eigenvalue weighted by Gasteiger charge is -2.27. The third kappa shape index (κ3) is 3.12. The first-order valence-corrected chi connectivity index (χ1v) is 7.43. The van der Waals surface area contributed by atoms with Gasteiger partial charge in [0.05, 0.1) is 11.7 Å². The zero-order valence-electron chi connectivity index (χ0n) is 11.0. The fourth-order valence-electron chi connectivity index (χ4n) is 2.60. The number of rotatable bonds is 3. The Morgan fingerprint density at radius 2 is 2.17 bits per heavy atom. The maximum Gasteiger partial charge on any atom is 0.252 e. The zero-order valence-corrected chi connectivity index (χ0v) is 11.8.